The van der Waals surface area contributed by atoms with Gasteiger partial charge in [-0.25, -0.2) is 0 Å². The van der Waals surface area contributed by atoms with Crippen molar-refractivity contribution in [2.45, 2.75) is 13.0 Å². The number of hydrogen-bond acceptors (Lipinski definition) is 4. The van der Waals surface area contributed by atoms with Crippen molar-refractivity contribution in [3.8, 4) is 0 Å². The second-order valence-corrected chi connectivity index (χ2v) is 1.61. The second-order valence-electron chi connectivity index (χ2n) is 1.61. The molecule has 0 saturated heterocycles. The molecule has 1 unspecified atom stereocenters. The highest BCUT2D eigenvalue weighted by Crippen LogP contribution is 1.97. The van der Waals surface area contributed by atoms with Gasteiger partial charge in [-0.2, -0.15) is 0 Å². The Bertz CT molecular complexity index is 143. The summed E-state index contributed by atoms with van der Waals surface area (Å²) >= 11 is 0. The first-order chi connectivity index (χ1) is 4.29. The normalized spacial score (nSPS) is 23.4. The Morgan fingerprint density at radius 2 is 2.78 bits per heavy atom. The summed E-state index contributed by atoms with van der Waals surface area (Å²) in [6.45, 7) is 1.62. The number of esters is 1. The maximum Gasteiger partial charge on any atom is 0.303 e. The van der Waals surface area contributed by atoms with Gasteiger partial charge < -0.3 is 9.57 Å². The largest absolute Gasteiger partial charge is 0.452 e. The fourth-order valence-electron chi connectivity index (χ4n) is 0.499. The molecule has 0 aliphatic carbocycles. The van der Waals surface area contributed by atoms with Gasteiger partial charge in [-0.05, 0) is 0 Å². The zero-order valence-electron chi connectivity index (χ0n) is 4.96. The van der Waals surface area contributed by atoms with E-state index >= 15 is 0 Å². The molecule has 4 nitrogen and oxygen atoms in total. The fraction of sp³-hybridized carbons (Fsp3) is 0.600. The van der Waals surface area contributed by atoms with Gasteiger partial charge in [0.05, 0.1) is 0 Å². The van der Waals surface area contributed by atoms with Crippen LogP contribution < -0.4 is 0 Å². The highest BCUT2D eigenvalue weighted by atomic mass is 16.7. The summed E-state index contributed by atoms with van der Waals surface area (Å²) in [5, 5.41) is 3.29. The highest BCUT2D eigenvalue weighted by molar-refractivity contribution is 5.72. The number of hydrogen-bond donors (Lipinski definition) is 0. The molecule has 0 aromatic rings. The van der Waals surface area contributed by atoms with E-state index in [0.29, 0.717) is 6.61 Å². The van der Waals surface area contributed by atoms with Gasteiger partial charge in [0.2, 0.25) is 0 Å². The molecule has 4 heteroatoms. The molecule has 0 fully saturated rings. The Hall–Kier alpha value is -1.06. The van der Waals surface area contributed by atoms with E-state index in [9.17, 15) is 4.79 Å². The zero-order valence-corrected chi connectivity index (χ0v) is 4.96. The number of rotatable bonds is 1. The zero-order chi connectivity index (χ0) is 6.69. The monoisotopic (exact) mass is 128 g/mol. The SMILES string of the molecule is CC(=O)OC1[C]=NOC1. The minimum atomic E-state index is -0.400. The summed E-state index contributed by atoms with van der Waals surface area (Å²) in [4.78, 5) is 14.7. The van der Waals surface area contributed by atoms with E-state index in [4.69, 9.17) is 0 Å². The van der Waals surface area contributed by atoms with Gasteiger partial charge in [0, 0.05) is 6.92 Å². The lowest BCUT2D eigenvalue weighted by Gasteiger charge is -2.01. The van der Waals surface area contributed by atoms with E-state index in [1.807, 2.05) is 0 Å². The van der Waals surface area contributed by atoms with E-state index < -0.39 is 6.10 Å². The van der Waals surface area contributed by atoms with Crippen LogP contribution in [0.2, 0.25) is 0 Å². The fourth-order valence-corrected chi connectivity index (χ4v) is 0.499. The van der Waals surface area contributed by atoms with Crippen molar-refractivity contribution in [1.29, 1.82) is 0 Å². The average molecular weight is 128 g/mol. The molecule has 1 radical (unpaired) electrons. The molecule has 1 aliphatic rings. The number of nitrogens with zero attached hydrogens (tertiary/aromatic N) is 1. The topological polar surface area (TPSA) is 47.9 Å². The van der Waals surface area contributed by atoms with Gasteiger partial charge in [0.15, 0.2) is 18.9 Å². The molecule has 49 valence electrons. The lowest BCUT2D eigenvalue weighted by molar-refractivity contribution is -0.144. The average Bonchev–Trinajstić information content (AvgIpc) is 2.15. The first-order valence-corrected chi connectivity index (χ1v) is 2.54. The minimum Gasteiger partial charge on any atom is -0.452 e. The molecule has 0 N–H and O–H groups in total. The van der Waals surface area contributed by atoms with E-state index in [0.717, 1.165) is 0 Å². The smallest absolute Gasteiger partial charge is 0.303 e. The first-order valence-electron chi connectivity index (χ1n) is 2.54. The summed E-state index contributed by atoms with van der Waals surface area (Å²) in [5.74, 6) is -0.340. The van der Waals surface area contributed by atoms with Crippen molar-refractivity contribution >= 4 is 12.2 Å². The van der Waals surface area contributed by atoms with Crippen molar-refractivity contribution in [2.24, 2.45) is 5.16 Å². The quantitative estimate of drug-likeness (QED) is 0.460. The van der Waals surface area contributed by atoms with Crippen molar-refractivity contribution in [1.82, 2.24) is 0 Å². The molecule has 0 aromatic heterocycles. The summed E-state index contributed by atoms with van der Waals surface area (Å²) in [6.07, 6.45) is 2.05. The lowest BCUT2D eigenvalue weighted by atomic mass is 10.4. The molecule has 1 aliphatic heterocycles. The van der Waals surface area contributed by atoms with E-state index in [1.165, 1.54) is 6.92 Å². The minimum absolute atomic E-state index is 0.291. The number of ether oxygens (including phenoxy) is 1. The molecule has 0 bridgehead atoms. The molecule has 9 heavy (non-hydrogen) atoms. The summed E-state index contributed by atoms with van der Waals surface area (Å²) < 4.78 is 4.64. The van der Waals surface area contributed by atoms with Crippen LogP contribution in [-0.4, -0.2) is 24.9 Å². The predicted octanol–water partition coefficient (Wildman–Crippen LogP) is -0.189. The van der Waals surface area contributed by atoms with Gasteiger partial charge in [0.1, 0.15) is 0 Å². The van der Waals surface area contributed by atoms with Crippen LogP contribution in [0.4, 0.5) is 0 Å². The van der Waals surface area contributed by atoms with Crippen LogP contribution >= 0.6 is 0 Å². The molecule has 1 rings (SSSR count). The molecule has 0 amide bonds. The number of carbonyl (C=O) groups excluding carboxylic acids is 1. The Balaban J connectivity index is 2.28. The van der Waals surface area contributed by atoms with Crippen LogP contribution in [0.5, 0.6) is 0 Å². The van der Waals surface area contributed by atoms with E-state index in [1.54, 1.807) is 0 Å². The molecule has 0 spiro atoms. The van der Waals surface area contributed by atoms with Crippen molar-refractivity contribution < 1.29 is 14.4 Å². The molecule has 0 aromatic carbocycles. The maximum absolute atomic E-state index is 10.2. The second kappa shape index (κ2) is 2.48. The van der Waals surface area contributed by atoms with Crippen LogP contribution in [-0.2, 0) is 14.4 Å². The summed E-state index contributed by atoms with van der Waals surface area (Å²) in [6, 6.07) is 0. The van der Waals surface area contributed by atoms with Crippen LogP contribution in [0.3, 0.4) is 0 Å². The van der Waals surface area contributed by atoms with Crippen LogP contribution in [0.15, 0.2) is 5.16 Å². The Labute approximate surface area is 52.4 Å². The summed E-state index contributed by atoms with van der Waals surface area (Å²) in [5.41, 5.74) is 0. The van der Waals surface area contributed by atoms with Crippen LogP contribution in [0, 0.1) is 0 Å². The van der Waals surface area contributed by atoms with Crippen molar-refractivity contribution in [2.75, 3.05) is 6.61 Å². The summed E-state index contributed by atoms with van der Waals surface area (Å²) in [7, 11) is 0. The van der Waals surface area contributed by atoms with Gasteiger partial charge in [0.25, 0.3) is 0 Å². The molecule has 1 heterocycles. The van der Waals surface area contributed by atoms with Crippen LogP contribution in [0.1, 0.15) is 6.92 Å². The first kappa shape index (κ1) is 6.07. The highest BCUT2D eigenvalue weighted by Gasteiger charge is 2.15. The van der Waals surface area contributed by atoms with Crippen LogP contribution in [0.25, 0.3) is 0 Å². The molecule has 1 atom stereocenters. The Morgan fingerprint density at radius 3 is 3.22 bits per heavy atom. The maximum atomic E-state index is 10.2. The van der Waals surface area contributed by atoms with Gasteiger partial charge in [-0.15, -0.1) is 0 Å². The van der Waals surface area contributed by atoms with E-state index in [2.05, 4.69) is 20.9 Å². The predicted molar refractivity (Wildman–Crippen MR) is 28.9 cm³/mol. The lowest BCUT2D eigenvalue weighted by Crippen LogP contribution is -2.18. The van der Waals surface area contributed by atoms with Gasteiger partial charge >= 0.3 is 5.97 Å². The van der Waals surface area contributed by atoms with Gasteiger partial charge in [-0.1, -0.05) is 5.16 Å². The third kappa shape index (κ3) is 1.71. The third-order valence-corrected chi connectivity index (χ3v) is 0.795. The van der Waals surface area contributed by atoms with E-state index in [-0.39, 0.29) is 5.97 Å². The van der Waals surface area contributed by atoms with Crippen molar-refractivity contribution in [3.63, 3.8) is 0 Å². The standard InChI is InChI=1S/C5H6NO3/c1-4(7)9-5-2-6-8-3-5/h5H,3H2,1H3. The van der Waals surface area contributed by atoms with Gasteiger partial charge in [-0.3, -0.25) is 4.79 Å². The third-order valence-electron chi connectivity index (χ3n) is 0.795. The molecule has 0 saturated carbocycles. The Kier molecular flexibility index (Phi) is 1.67. The molecular weight excluding hydrogens is 122 g/mol. The van der Waals surface area contributed by atoms with Crippen molar-refractivity contribution in [3.05, 3.63) is 0 Å². The molecular formula is C5H6NO3. The number of carbonyl (C=O) groups is 1. The Morgan fingerprint density at radius 1 is 2.00 bits per heavy atom.